The zero-order valence-electron chi connectivity index (χ0n) is 14.3. The average molecular weight is 322 g/mol. The molecule has 0 N–H and O–H groups in total. The Morgan fingerprint density at radius 2 is 1.83 bits per heavy atom. The summed E-state index contributed by atoms with van der Waals surface area (Å²) in [6.45, 7) is 4.36. The van der Waals surface area contributed by atoms with Crippen molar-refractivity contribution in [3.63, 3.8) is 0 Å². The predicted molar refractivity (Wildman–Crippen MR) is 97.4 cm³/mol. The lowest BCUT2D eigenvalue weighted by atomic mass is 9.89. The van der Waals surface area contributed by atoms with E-state index in [-0.39, 0.29) is 5.82 Å². The van der Waals surface area contributed by atoms with Gasteiger partial charge in [0.2, 0.25) is 0 Å². The number of halogens is 1. The molecule has 1 aliphatic rings. The Kier molecular flexibility index (Phi) is 3.89. The number of piperidine rings is 1. The van der Waals surface area contributed by atoms with E-state index in [9.17, 15) is 4.39 Å². The minimum absolute atomic E-state index is 0.152. The normalized spacial score (nSPS) is 16.8. The topological polar surface area (TPSA) is 8.17 Å². The fourth-order valence-corrected chi connectivity index (χ4v) is 3.88. The van der Waals surface area contributed by atoms with Crippen LogP contribution >= 0.6 is 0 Å². The van der Waals surface area contributed by atoms with Crippen molar-refractivity contribution in [2.45, 2.75) is 25.7 Å². The number of rotatable bonds is 2. The van der Waals surface area contributed by atoms with Gasteiger partial charge in [0.1, 0.15) is 5.82 Å². The maximum atomic E-state index is 14.1. The molecule has 1 aliphatic heterocycles. The number of fused-ring (bicyclic) bond motifs is 1. The van der Waals surface area contributed by atoms with Crippen molar-refractivity contribution in [2.75, 3.05) is 20.1 Å². The summed E-state index contributed by atoms with van der Waals surface area (Å²) in [4.78, 5) is 2.39. The lowest BCUT2D eigenvalue weighted by molar-refractivity contribution is 0.255. The second kappa shape index (κ2) is 6.06. The van der Waals surface area contributed by atoms with E-state index in [1.165, 1.54) is 18.4 Å². The van der Waals surface area contributed by atoms with Crippen LogP contribution in [0.1, 0.15) is 29.9 Å². The van der Waals surface area contributed by atoms with E-state index in [1.807, 2.05) is 25.3 Å². The van der Waals surface area contributed by atoms with Crippen LogP contribution in [0.4, 0.5) is 4.39 Å². The van der Waals surface area contributed by atoms with E-state index in [0.717, 1.165) is 29.9 Å². The van der Waals surface area contributed by atoms with Crippen molar-refractivity contribution in [1.82, 2.24) is 9.47 Å². The molecular formula is C21H23FN2. The average Bonchev–Trinajstić information content (AvgIpc) is 3.05. The number of likely N-dealkylation sites (tertiary alicyclic amines) is 1. The summed E-state index contributed by atoms with van der Waals surface area (Å²) >= 11 is 0. The minimum Gasteiger partial charge on any atom is -0.316 e. The molecule has 1 saturated heterocycles. The standard InChI is InChI=1S/C21H23FN2/c1-15-6-7-20(22)19-10-13-24(21(15)19)18-5-3-4-17(14-18)16-8-11-23(2)12-9-16/h3-7,10,13-14,16H,8-9,11-12H2,1-2H3. The largest absolute Gasteiger partial charge is 0.316 e. The zero-order chi connectivity index (χ0) is 16.7. The van der Waals surface area contributed by atoms with Crippen LogP contribution in [-0.4, -0.2) is 29.6 Å². The van der Waals surface area contributed by atoms with Gasteiger partial charge in [0.15, 0.2) is 0 Å². The molecule has 3 heteroatoms. The van der Waals surface area contributed by atoms with E-state index in [4.69, 9.17) is 0 Å². The molecule has 0 radical (unpaired) electrons. The Morgan fingerprint density at radius 3 is 2.62 bits per heavy atom. The summed E-state index contributed by atoms with van der Waals surface area (Å²) in [5.74, 6) is 0.474. The Balaban J connectivity index is 1.75. The number of benzene rings is 2. The van der Waals surface area contributed by atoms with Crippen molar-refractivity contribution in [3.05, 3.63) is 65.6 Å². The van der Waals surface area contributed by atoms with Gasteiger partial charge in [0.25, 0.3) is 0 Å². The van der Waals surface area contributed by atoms with Crippen LogP contribution in [0.2, 0.25) is 0 Å². The van der Waals surface area contributed by atoms with Crippen LogP contribution in [0.5, 0.6) is 0 Å². The van der Waals surface area contributed by atoms with Crippen LogP contribution in [0, 0.1) is 12.7 Å². The van der Waals surface area contributed by atoms with Crippen LogP contribution in [0.3, 0.4) is 0 Å². The van der Waals surface area contributed by atoms with Gasteiger partial charge in [0.05, 0.1) is 5.52 Å². The molecule has 0 saturated carbocycles. The van der Waals surface area contributed by atoms with Crippen LogP contribution in [0.25, 0.3) is 16.6 Å². The molecule has 2 heterocycles. The summed E-state index contributed by atoms with van der Waals surface area (Å²) in [5.41, 5.74) is 4.59. The van der Waals surface area contributed by atoms with Gasteiger partial charge >= 0.3 is 0 Å². The maximum absolute atomic E-state index is 14.1. The monoisotopic (exact) mass is 322 g/mol. The second-order valence-corrected chi connectivity index (χ2v) is 6.98. The highest BCUT2D eigenvalue weighted by molar-refractivity contribution is 5.85. The van der Waals surface area contributed by atoms with E-state index in [1.54, 1.807) is 6.07 Å². The molecule has 0 amide bonds. The van der Waals surface area contributed by atoms with E-state index in [0.29, 0.717) is 11.3 Å². The Hall–Kier alpha value is -2.13. The van der Waals surface area contributed by atoms with Crippen molar-refractivity contribution in [1.29, 1.82) is 0 Å². The lowest BCUT2D eigenvalue weighted by Gasteiger charge is -2.29. The number of hydrogen-bond acceptors (Lipinski definition) is 1. The van der Waals surface area contributed by atoms with Gasteiger partial charge in [0, 0.05) is 17.3 Å². The molecule has 1 aromatic heterocycles. The highest BCUT2D eigenvalue weighted by Crippen LogP contribution is 2.31. The molecule has 0 spiro atoms. The molecule has 1 fully saturated rings. The Morgan fingerprint density at radius 1 is 1.04 bits per heavy atom. The highest BCUT2D eigenvalue weighted by atomic mass is 19.1. The molecule has 0 aliphatic carbocycles. The second-order valence-electron chi connectivity index (χ2n) is 6.98. The van der Waals surface area contributed by atoms with Crippen molar-refractivity contribution >= 4 is 10.9 Å². The fourth-order valence-electron chi connectivity index (χ4n) is 3.88. The van der Waals surface area contributed by atoms with Crippen molar-refractivity contribution in [3.8, 4) is 5.69 Å². The number of aromatic nitrogens is 1. The molecule has 2 nitrogen and oxygen atoms in total. The quantitative estimate of drug-likeness (QED) is 0.652. The van der Waals surface area contributed by atoms with Crippen LogP contribution in [-0.2, 0) is 0 Å². The fraction of sp³-hybridized carbons (Fsp3) is 0.333. The summed E-state index contributed by atoms with van der Waals surface area (Å²) in [7, 11) is 2.19. The molecule has 124 valence electrons. The smallest absolute Gasteiger partial charge is 0.132 e. The first-order valence-corrected chi connectivity index (χ1v) is 8.68. The third-order valence-corrected chi connectivity index (χ3v) is 5.34. The first kappa shape index (κ1) is 15.4. The lowest BCUT2D eigenvalue weighted by Crippen LogP contribution is -2.29. The van der Waals surface area contributed by atoms with Gasteiger partial charge in [-0.2, -0.15) is 0 Å². The molecule has 3 aromatic rings. The van der Waals surface area contributed by atoms with E-state index < -0.39 is 0 Å². The Labute approximate surface area is 142 Å². The Bertz CT molecular complexity index is 873. The first-order chi connectivity index (χ1) is 11.6. The zero-order valence-corrected chi connectivity index (χ0v) is 14.3. The highest BCUT2D eigenvalue weighted by Gasteiger charge is 2.19. The van der Waals surface area contributed by atoms with E-state index >= 15 is 0 Å². The van der Waals surface area contributed by atoms with Gasteiger partial charge in [-0.15, -0.1) is 0 Å². The van der Waals surface area contributed by atoms with Gasteiger partial charge in [-0.05, 0) is 81.2 Å². The molecule has 2 aromatic carbocycles. The summed E-state index contributed by atoms with van der Waals surface area (Å²) in [6, 6.07) is 14.0. The molecular weight excluding hydrogens is 299 g/mol. The third kappa shape index (κ3) is 2.63. The third-order valence-electron chi connectivity index (χ3n) is 5.34. The number of hydrogen-bond donors (Lipinski definition) is 0. The predicted octanol–water partition coefficient (Wildman–Crippen LogP) is 4.89. The van der Waals surface area contributed by atoms with Gasteiger partial charge < -0.3 is 9.47 Å². The first-order valence-electron chi connectivity index (χ1n) is 8.68. The number of nitrogens with zero attached hydrogens (tertiary/aromatic N) is 2. The SMILES string of the molecule is Cc1ccc(F)c2ccn(-c3cccc(C4CCN(C)CC4)c3)c12. The number of aryl methyl sites for hydroxylation is 1. The van der Waals surface area contributed by atoms with Crippen molar-refractivity contribution in [2.24, 2.45) is 0 Å². The summed E-state index contributed by atoms with van der Waals surface area (Å²) < 4.78 is 16.2. The van der Waals surface area contributed by atoms with Crippen LogP contribution < -0.4 is 0 Å². The van der Waals surface area contributed by atoms with Gasteiger partial charge in [-0.25, -0.2) is 4.39 Å². The minimum atomic E-state index is -0.152. The van der Waals surface area contributed by atoms with Gasteiger partial charge in [-0.1, -0.05) is 18.2 Å². The molecule has 0 bridgehead atoms. The summed E-state index contributed by atoms with van der Waals surface area (Å²) in [5, 5.41) is 0.694. The molecule has 4 rings (SSSR count). The molecule has 0 unspecified atom stereocenters. The molecule has 0 atom stereocenters. The van der Waals surface area contributed by atoms with E-state index in [2.05, 4.69) is 40.8 Å². The maximum Gasteiger partial charge on any atom is 0.132 e. The molecule has 24 heavy (non-hydrogen) atoms. The van der Waals surface area contributed by atoms with Gasteiger partial charge in [-0.3, -0.25) is 0 Å². The summed E-state index contributed by atoms with van der Waals surface area (Å²) in [6.07, 6.45) is 4.40. The van der Waals surface area contributed by atoms with Crippen molar-refractivity contribution < 1.29 is 4.39 Å². The van der Waals surface area contributed by atoms with Crippen LogP contribution in [0.15, 0.2) is 48.7 Å².